The van der Waals surface area contributed by atoms with Gasteiger partial charge in [0, 0.05) is 0 Å². The smallest absolute Gasteiger partial charge is 0.118 e. The molecular formula is C9H12O2. The second kappa shape index (κ2) is 2.93. The highest BCUT2D eigenvalue weighted by atomic mass is 16.3. The summed E-state index contributed by atoms with van der Waals surface area (Å²) in [6.45, 7) is 3.49. The van der Waals surface area contributed by atoms with E-state index in [2.05, 4.69) is 0 Å². The van der Waals surface area contributed by atoms with Crippen LogP contribution < -0.4 is 0 Å². The minimum absolute atomic E-state index is 0.239. The van der Waals surface area contributed by atoms with Gasteiger partial charge in [-0.05, 0) is 31.0 Å². The molecule has 0 aromatic heterocycles. The number of rotatable bonds is 1. The summed E-state index contributed by atoms with van der Waals surface area (Å²) in [6, 6.07) is 5.18. The minimum Gasteiger partial charge on any atom is -0.508 e. The maximum absolute atomic E-state index is 9.24. The lowest BCUT2D eigenvalue weighted by atomic mass is 10.1. The third kappa shape index (κ3) is 1.71. The summed E-state index contributed by atoms with van der Waals surface area (Å²) in [5, 5.41) is 18.4. The largest absolute Gasteiger partial charge is 0.508 e. The number of aliphatic hydroxyl groups excluding tert-OH is 1. The Kier molecular flexibility index (Phi) is 2.15. The number of phenolic OH excluding ortho intramolecular Hbond substituents is 1. The van der Waals surface area contributed by atoms with Crippen LogP contribution in [0.3, 0.4) is 0 Å². The molecule has 0 aliphatic heterocycles. The quantitative estimate of drug-likeness (QED) is 0.643. The van der Waals surface area contributed by atoms with Crippen LogP contribution in [0.4, 0.5) is 0 Å². The van der Waals surface area contributed by atoms with Gasteiger partial charge in [0.15, 0.2) is 0 Å². The summed E-state index contributed by atoms with van der Waals surface area (Å²) in [6.07, 6.45) is -0.513. The summed E-state index contributed by atoms with van der Waals surface area (Å²) in [5.74, 6) is 0.239. The van der Waals surface area contributed by atoms with E-state index in [4.69, 9.17) is 5.11 Å². The Morgan fingerprint density at radius 3 is 2.45 bits per heavy atom. The Morgan fingerprint density at radius 2 is 2.00 bits per heavy atom. The zero-order valence-corrected chi connectivity index (χ0v) is 6.70. The molecule has 0 aliphatic rings. The highest BCUT2D eigenvalue weighted by molar-refractivity contribution is 5.35. The van der Waals surface area contributed by atoms with Gasteiger partial charge in [-0.2, -0.15) is 0 Å². The van der Waals surface area contributed by atoms with Gasteiger partial charge in [-0.15, -0.1) is 0 Å². The molecule has 2 nitrogen and oxygen atoms in total. The van der Waals surface area contributed by atoms with Crippen LogP contribution >= 0.6 is 0 Å². The summed E-state index contributed by atoms with van der Waals surface area (Å²) >= 11 is 0. The van der Waals surface area contributed by atoms with Crippen LogP contribution in [0.15, 0.2) is 18.2 Å². The van der Waals surface area contributed by atoms with Crippen LogP contribution in [-0.4, -0.2) is 10.2 Å². The van der Waals surface area contributed by atoms with Crippen molar-refractivity contribution in [3.05, 3.63) is 29.3 Å². The molecule has 60 valence electrons. The maximum atomic E-state index is 9.24. The highest BCUT2D eigenvalue weighted by Crippen LogP contribution is 2.21. The standard InChI is InChI=1S/C9H12O2/c1-6-3-4-8(7(2)10)5-9(6)11/h3-5,7,10-11H,1-2H3/t7-/m1/s1. The Balaban J connectivity index is 3.05. The lowest BCUT2D eigenvalue weighted by molar-refractivity contribution is 0.199. The van der Waals surface area contributed by atoms with Crippen molar-refractivity contribution < 1.29 is 10.2 Å². The predicted octanol–water partition coefficient (Wildman–Crippen LogP) is 1.75. The third-order valence-corrected chi connectivity index (χ3v) is 1.72. The van der Waals surface area contributed by atoms with Gasteiger partial charge >= 0.3 is 0 Å². The number of hydrogen-bond acceptors (Lipinski definition) is 2. The van der Waals surface area contributed by atoms with Crippen molar-refractivity contribution in [2.45, 2.75) is 20.0 Å². The Bertz CT molecular complexity index is 254. The van der Waals surface area contributed by atoms with Crippen molar-refractivity contribution in [1.82, 2.24) is 0 Å². The lowest BCUT2D eigenvalue weighted by Crippen LogP contribution is -1.90. The van der Waals surface area contributed by atoms with Gasteiger partial charge in [0.2, 0.25) is 0 Å². The number of benzene rings is 1. The summed E-state index contributed by atoms with van der Waals surface area (Å²) in [5.41, 5.74) is 1.57. The Hall–Kier alpha value is -1.02. The average molecular weight is 152 g/mol. The topological polar surface area (TPSA) is 40.5 Å². The maximum Gasteiger partial charge on any atom is 0.118 e. The zero-order valence-electron chi connectivity index (χ0n) is 6.70. The van der Waals surface area contributed by atoms with E-state index in [1.807, 2.05) is 6.92 Å². The van der Waals surface area contributed by atoms with Gasteiger partial charge in [-0.25, -0.2) is 0 Å². The number of aliphatic hydroxyl groups is 1. The third-order valence-electron chi connectivity index (χ3n) is 1.72. The van der Waals surface area contributed by atoms with Crippen molar-refractivity contribution in [2.75, 3.05) is 0 Å². The van der Waals surface area contributed by atoms with Gasteiger partial charge in [0.25, 0.3) is 0 Å². The van der Waals surface area contributed by atoms with Crippen molar-refractivity contribution in [3.8, 4) is 5.75 Å². The molecule has 0 unspecified atom stereocenters. The molecule has 1 aromatic rings. The Morgan fingerprint density at radius 1 is 1.36 bits per heavy atom. The summed E-state index contributed by atoms with van der Waals surface area (Å²) in [7, 11) is 0. The minimum atomic E-state index is -0.513. The van der Waals surface area contributed by atoms with Crippen molar-refractivity contribution >= 4 is 0 Å². The molecule has 1 atom stereocenters. The van der Waals surface area contributed by atoms with E-state index < -0.39 is 6.10 Å². The number of hydrogen-bond donors (Lipinski definition) is 2. The van der Waals surface area contributed by atoms with Gasteiger partial charge in [-0.1, -0.05) is 12.1 Å². The van der Waals surface area contributed by atoms with E-state index in [-0.39, 0.29) is 5.75 Å². The van der Waals surface area contributed by atoms with Crippen LogP contribution in [0.1, 0.15) is 24.2 Å². The van der Waals surface area contributed by atoms with E-state index in [1.54, 1.807) is 25.1 Å². The number of aromatic hydroxyl groups is 1. The first kappa shape index (κ1) is 8.08. The molecule has 0 fully saturated rings. The van der Waals surface area contributed by atoms with Gasteiger partial charge < -0.3 is 10.2 Å². The predicted molar refractivity (Wildman–Crippen MR) is 43.5 cm³/mol. The second-order valence-electron chi connectivity index (χ2n) is 2.72. The normalized spacial score (nSPS) is 13.0. The van der Waals surface area contributed by atoms with E-state index in [0.717, 1.165) is 11.1 Å². The molecule has 0 saturated carbocycles. The average Bonchev–Trinajstić information content (AvgIpc) is 1.94. The first-order chi connectivity index (χ1) is 5.11. The molecule has 2 heteroatoms. The summed E-state index contributed by atoms with van der Waals surface area (Å²) < 4.78 is 0. The molecule has 0 amide bonds. The first-order valence-electron chi connectivity index (χ1n) is 3.59. The molecule has 0 heterocycles. The fourth-order valence-electron chi connectivity index (χ4n) is 0.886. The fourth-order valence-corrected chi connectivity index (χ4v) is 0.886. The molecule has 0 aliphatic carbocycles. The monoisotopic (exact) mass is 152 g/mol. The fraction of sp³-hybridized carbons (Fsp3) is 0.333. The molecule has 2 N–H and O–H groups in total. The van der Waals surface area contributed by atoms with Crippen LogP contribution in [0.2, 0.25) is 0 Å². The van der Waals surface area contributed by atoms with Crippen molar-refractivity contribution in [2.24, 2.45) is 0 Å². The molecule has 0 radical (unpaired) electrons. The van der Waals surface area contributed by atoms with Gasteiger partial charge in [0.1, 0.15) is 5.75 Å². The SMILES string of the molecule is Cc1ccc([C@@H](C)O)cc1O. The van der Waals surface area contributed by atoms with E-state index >= 15 is 0 Å². The number of phenols is 1. The van der Waals surface area contributed by atoms with Crippen LogP contribution in [0.25, 0.3) is 0 Å². The van der Waals surface area contributed by atoms with E-state index in [9.17, 15) is 5.11 Å². The first-order valence-corrected chi connectivity index (χ1v) is 3.59. The number of aryl methyl sites for hydroxylation is 1. The van der Waals surface area contributed by atoms with E-state index in [0.29, 0.717) is 0 Å². The molecule has 0 bridgehead atoms. The molecule has 11 heavy (non-hydrogen) atoms. The van der Waals surface area contributed by atoms with Crippen LogP contribution in [0, 0.1) is 6.92 Å². The van der Waals surface area contributed by atoms with E-state index in [1.165, 1.54) is 0 Å². The van der Waals surface area contributed by atoms with Crippen molar-refractivity contribution in [3.63, 3.8) is 0 Å². The summed E-state index contributed by atoms with van der Waals surface area (Å²) in [4.78, 5) is 0. The highest BCUT2D eigenvalue weighted by Gasteiger charge is 2.02. The van der Waals surface area contributed by atoms with Gasteiger partial charge in [-0.3, -0.25) is 0 Å². The molecule has 0 spiro atoms. The van der Waals surface area contributed by atoms with Crippen LogP contribution in [-0.2, 0) is 0 Å². The van der Waals surface area contributed by atoms with Gasteiger partial charge in [0.05, 0.1) is 6.10 Å². The zero-order chi connectivity index (χ0) is 8.43. The Labute approximate surface area is 66.1 Å². The second-order valence-corrected chi connectivity index (χ2v) is 2.72. The van der Waals surface area contributed by atoms with Crippen molar-refractivity contribution in [1.29, 1.82) is 0 Å². The molecule has 0 saturated heterocycles. The van der Waals surface area contributed by atoms with Crippen LogP contribution in [0.5, 0.6) is 5.75 Å². The molecule has 1 aromatic carbocycles. The molecular weight excluding hydrogens is 140 g/mol. The molecule has 1 rings (SSSR count). The lowest BCUT2D eigenvalue weighted by Gasteiger charge is -2.05.